The van der Waals surface area contributed by atoms with Gasteiger partial charge >= 0.3 is 0 Å². The summed E-state index contributed by atoms with van der Waals surface area (Å²) in [6.45, 7) is 5.97. The molecule has 94 valence electrons. The third-order valence-corrected chi connectivity index (χ3v) is 3.30. The van der Waals surface area contributed by atoms with Crippen LogP contribution in [0.15, 0.2) is 0 Å². The first-order valence-electron chi connectivity index (χ1n) is 6.21. The number of amides is 1. The van der Waals surface area contributed by atoms with Crippen LogP contribution in [0.4, 0.5) is 0 Å². The van der Waals surface area contributed by atoms with E-state index in [0.29, 0.717) is 0 Å². The van der Waals surface area contributed by atoms with Gasteiger partial charge < -0.3 is 15.5 Å². The molecule has 0 aliphatic carbocycles. The van der Waals surface area contributed by atoms with Gasteiger partial charge in [-0.25, -0.2) is 0 Å². The SMILES string of the molecule is CCC1(C(=O)NC(C)CN(C)C)CCCN1. The second-order valence-electron chi connectivity index (χ2n) is 5.10. The fourth-order valence-corrected chi connectivity index (χ4v) is 2.42. The third-order valence-electron chi connectivity index (χ3n) is 3.30. The zero-order chi connectivity index (χ0) is 12.2. The summed E-state index contributed by atoms with van der Waals surface area (Å²) in [5, 5.41) is 6.45. The van der Waals surface area contributed by atoms with Crippen LogP contribution in [0.25, 0.3) is 0 Å². The maximum atomic E-state index is 12.2. The molecule has 1 heterocycles. The third kappa shape index (κ3) is 3.19. The Morgan fingerprint density at radius 2 is 2.25 bits per heavy atom. The topological polar surface area (TPSA) is 44.4 Å². The van der Waals surface area contributed by atoms with Gasteiger partial charge in [0.15, 0.2) is 0 Å². The molecule has 0 aromatic rings. The minimum Gasteiger partial charge on any atom is -0.351 e. The van der Waals surface area contributed by atoms with Crippen LogP contribution >= 0.6 is 0 Å². The first-order chi connectivity index (χ1) is 7.50. The number of hydrogen-bond donors (Lipinski definition) is 2. The Balaban J connectivity index is 2.50. The molecular weight excluding hydrogens is 202 g/mol. The van der Waals surface area contributed by atoms with Gasteiger partial charge in [0.1, 0.15) is 0 Å². The van der Waals surface area contributed by atoms with Crippen LogP contribution in [0, 0.1) is 0 Å². The number of carbonyl (C=O) groups excluding carboxylic acids is 1. The maximum Gasteiger partial charge on any atom is 0.240 e. The van der Waals surface area contributed by atoms with Gasteiger partial charge in [0.2, 0.25) is 5.91 Å². The van der Waals surface area contributed by atoms with Crippen molar-refractivity contribution in [2.24, 2.45) is 0 Å². The molecule has 0 spiro atoms. The highest BCUT2D eigenvalue weighted by atomic mass is 16.2. The lowest BCUT2D eigenvalue weighted by atomic mass is 9.93. The van der Waals surface area contributed by atoms with E-state index in [0.717, 1.165) is 32.4 Å². The molecule has 1 aliphatic rings. The van der Waals surface area contributed by atoms with Crippen molar-refractivity contribution < 1.29 is 4.79 Å². The number of rotatable bonds is 5. The van der Waals surface area contributed by atoms with Gasteiger partial charge in [0.25, 0.3) is 0 Å². The lowest BCUT2D eigenvalue weighted by molar-refractivity contribution is -0.128. The normalized spacial score (nSPS) is 27.1. The minimum atomic E-state index is -0.305. The molecule has 0 saturated carbocycles. The van der Waals surface area contributed by atoms with Crippen molar-refractivity contribution in [1.82, 2.24) is 15.5 Å². The maximum absolute atomic E-state index is 12.2. The monoisotopic (exact) mass is 227 g/mol. The lowest BCUT2D eigenvalue weighted by Crippen LogP contribution is -2.56. The number of carbonyl (C=O) groups is 1. The molecule has 2 atom stereocenters. The fraction of sp³-hybridized carbons (Fsp3) is 0.917. The molecule has 0 aromatic carbocycles. The number of likely N-dealkylation sites (N-methyl/N-ethyl adjacent to an activating group) is 1. The molecule has 4 nitrogen and oxygen atoms in total. The quantitative estimate of drug-likeness (QED) is 0.722. The molecule has 1 rings (SSSR count). The second-order valence-corrected chi connectivity index (χ2v) is 5.10. The highest BCUT2D eigenvalue weighted by Gasteiger charge is 2.39. The molecule has 4 heteroatoms. The predicted octanol–water partition coefficient (Wildman–Crippen LogP) is 0.585. The van der Waals surface area contributed by atoms with Gasteiger partial charge in [-0.05, 0) is 46.8 Å². The summed E-state index contributed by atoms with van der Waals surface area (Å²) in [5.74, 6) is 0.168. The molecule has 1 fully saturated rings. The first-order valence-corrected chi connectivity index (χ1v) is 6.21. The summed E-state index contributed by atoms with van der Waals surface area (Å²) < 4.78 is 0. The van der Waals surface area contributed by atoms with Gasteiger partial charge in [-0.1, -0.05) is 6.92 Å². The van der Waals surface area contributed by atoms with Crippen LogP contribution in [0.2, 0.25) is 0 Å². The van der Waals surface area contributed by atoms with Crippen LogP contribution < -0.4 is 10.6 Å². The van der Waals surface area contributed by atoms with Crippen molar-refractivity contribution >= 4 is 5.91 Å². The molecular formula is C12H25N3O. The molecule has 16 heavy (non-hydrogen) atoms. The fourth-order valence-electron chi connectivity index (χ4n) is 2.42. The molecule has 0 bridgehead atoms. The van der Waals surface area contributed by atoms with Crippen molar-refractivity contribution in [2.75, 3.05) is 27.2 Å². The average Bonchev–Trinajstić information content (AvgIpc) is 2.65. The Hall–Kier alpha value is -0.610. The van der Waals surface area contributed by atoms with Crippen LogP contribution in [0.5, 0.6) is 0 Å². The van der Waals surface area contributed by atoms with E-state index >= 15 is 0 Å². The van der Waals surface area contributed by atoms with E-state index in [2.05, 4.69) is 29.4 Å². The zero-order valence-electron chi connectivity index (χ0n) is 11.0. The minimum absolute atomic E-state index is 0.168. The predicted molar refractivity (Wildman–Crippen MR) is 66.4 cm³/mol. The van der Waals surface area contributed by atoms with E-state index in [9.17, 15) is 4.79 Å². The van der Waals surface area contributed by atoms with E-state index < -0.39 is 0 Å². The Bertz CT molecular complexity index is 234. The number of nitrogens with zero attached hydrogens (tertiary/aromatic N) is 1. The summed E-state index contributed by atoms with van der Waals surface area (Å²) in [5.41, 5.74) is -0.305. The van der Waals surface area contributed by atoms with Crippen molar-refractivity contribution in [3.8, 4) is 0 Å². The smallest absolute Gasteiger partial charge is 0.240 e. The summed E-state index contributed by atoms with van der Waals surface area (Å²) in [6, 6.07) is 0.202. The standard InChI is InChI=1S/C12H25N3O/c1-5-12(7-6-8-13-12)11(16)14-10(2)9-15(3)4/h10,13H,5-9H2,1-4H3,(H,14,16). The largest absolute Gasteiger partial charge is 0.351 e. The molecule has 0 aromatic heterocycles. The number of hydrogen-bond acceptors (Lipinski definition) is 3. The van der Waals surface area contributed by atoms with E-state index in [4.69, 9.17) is 0 Å². The van der Waals surface area contributed by atoms with Crippen LogP contribution in [-0.4, -0.2) is 49.6 Å². The van der Waals surface area contributed by atoms with Gasteiger partial charge in [-0.2, -0.15) is 0 Å². The van der Waals surface area contributed by atoms with Gasteiger partial charge in [-0.15, -0.1) is 0 Å². The summed E-state index contributed by atoms with van der Waals surface area (Å²) >= 11 is 0. The van der Waals surface area contributed by atoms with Gasteiger partial charge in [-0.3, -0.25) is 4.79 Å². The Morgan fingerprint density at radius 3 is 2.69 bits per heavy atom. The Kier molecular flexibility index (Phi) is 4.74. The van der Waals surface area contributed by atoms with Crippen molar-refractivity contribution in [3.05, 3.63) is 0 Å². The second kappa shape index (κ2) is 5.64. The summed E-state index contributed by atoms with van der Waals surface area (Å²) in [6.07, 6.45) is 2.93. The van der Waals surface area contributed by atoms with E-state index in [1.807, 2.05) is 14.1 Å². The average molecular weight is 227 g/mol. The van der Waals surface area contributed by atoms with E-state index in [1.165, 1.54) is 0 Å². The van der Waals surface area contributed by atoms with Crippen molar-refractivity contribution in [1.29, 1.82) is 0 Å². The Labute approximate surface area is 98.8 Å². The molecule has 0 radical (unpaired) electrons. The highest BCUT2D eigenvalue weighted by Crippen LogP contribution is 2.23. The number of nitrogens with one attached hydrogen (secondary N) is 2. The zero-order valence-corrected chi connectivity index (χ0v) is 11.0. The van der Waals surface area contributed by atoms with Gasteiger partial charge in [0.05, 0.1) is 5.54 Å². The van der Waals surface area contributed by atoms with Crippen LogP contribution in [0.3, 0.4) is 0 Å². The lowest BCUT2D eigenvalue weighted by Gasteiger charge is -2.29. The van der Waals surface area contributed by atoms with Crippen molar-refractivity contribution in [2.45, 2.75) is 44.7 Å². The summed E-state index contributed by atoms with van der Waals surface area (Å²) in [7, 11) is 4.04. The first kappa shape index (κ1) is 13.5. The van der Waals surface area contributed by atoms with E-state index in [1.54, 1.807) is 0 Å². The molecule has 1 aliphatic heterocycles. The van der Waals surface area contributed by atoms with E-state index in [-0.39, 0.29) is 17.5 Å². The molecule has 1 amide bonds. The van der Waals surface area contributed by atoms with Gasteiger partial charge in [0, 0.05) is 12.6 Å². The Morgan fingerprint density at radius 1 is 1.56 bits per heavy atom. The van der Waals surface area contributed by atoms with Crippen LogP contribution in [-0.2, 0) is 4.79 Å². The summed E-state index contributed by atoms with van der Waals surface area (Å²) in [4.78, 5) is 14.3. The molecule has 2 unspecified atom stereocenters. The van der Waals surface area contributed by atoms with Crippen molar-refractivity contribution in [3.63, 3.8) is 0 Å². The molecule has 2 N–H and O–H groups in total. The molecule has 1 saturated heterocycles. The highest BCUT2D eigenvalue weighted by molar-refractivity contribution is 5.86. The van der Waals surface area contributed by atoms with Crippen LogP contribution in [0.1, 0.15) is 33.1 Å².